The molecule has 7 heteroatoms. The molecular formula is C16H20FN5O. The molecule has 23 heavy (non-hydrogen) atoms. The Kier molecular flexibility index (Phi) is 4.78. The Morgan fingerprint density at radius 3 is 2.22 bits per heavy atom. The first-order valence-corrected chi connectivity index (χ1v) is 7.14. The zero-order chi connectivity index (χ0) is 17.1. The standard InChI is InChI=1S/C16H20FN5O/c1-9-6-7-12(8-13(9)17)20-16(23)21-14-10(2)18-15(22(4)5)19-11(14)3/h6-8H,1-5H3,(H2,20,21,23). The van der Waals surface area contributed by atoms with Gasteiger partial charge in [-0.1, -0.05) is 6.07 Å². The van der Waals surface area contributed by atoms with Gasteiger partial charge in [0.25, 0.3) is 0 Å². The number of urea groups is 1. The van der Waals surface area contributed by atoms with E-state index in [2.05, 4.69) is 20.6 Å². The van der Waals surface area contributed by atoms with Crippen LogP contribution in [0.3, 0.4) is 0 Å². The van der Waals surface area contributed by atoms with Crippen LogP contribution in [0.25, 0.3) is 0 Å². The minimum Gasteiger partial charge on any atom is -0.347 e. The fourth-order valence-corrected chi connectivity index (χ4v) is 2.03. The molecule has 2 N–H and O–H groups in total. The maximum Gasteiger partial charge on any atom is 0.323 e. The van der Waals surface area contributed by atoms with E-state index in [0.29, 0.717) is 34.3 Å². The molecule has 0 unspecified atom stereocenters. The summed E-state index contributed by atoms with van der Waals surface area (Å²) in [5.74, 6) is 0.209. The molecule has 0 atom stereocenters. The molecule has 0 spiro atoms. The topological polar surface area (TPSA) is 70.2 Å². The number of amides is 2. The molecule has 2 aromatic rings. The highest BCUT2D eigenvalue weighted by atomic mass is 19.1. The third-order valence-corrected chi connectivity index (χ3v) is 3.33. The fraction of sp³-hybridized carbons (Fsp3) is 0.312. The lowest BCUT2D eigenvalue weighted by atomic mass is 10.2. The second-order valence-corrected chi connectivity index (χ2v) is 5.51. The number of rotatable bonds is 3. The lowest BCUT2D eigenvalue weighted by Gasteiger charge is -2.16. The van der Waals surface area contributed by atoms with Gasteiger partial charge in [0, 0.05) is 19.8 Å². The molecule has 1 aromatic heterocycles. The van der Waals surface area contributed by atoms with E-state index in [4.69, 9.17) is 0 Å². The van der Waals surface area contributed by atoms with Crippen LogP contribution in [0.1, 0.15) is 17.0 Å². The minimum absolute atomic E-state index is 0.367. The number of hydrogen-bond donors (Lipinski definition) is 2. The Bertz CT molecular complexity index is 722. The number of anilines is 3. The zero-order valence-electron chi connectivity index (χ0n) is 13.9. The summed E-state index contributed by atoms with van der Waals surface area (Å²) in [4.78, 5) is 22.5. The van der Waals surface area contributed by atoms with Crippen molar-refractivity contribution >= 4 is 23.4 Å². The molecule has 122 valence electrons. The molecule has 0 saturated carbocycles. The summed E-state index contributed by atoms with van der Waals surface area (Å²) >= 11 is 0. The largest absolute Gasteiger partial charge is 0.347 e. The van der Waals surface area contributed by atoms with Crippen molar-refractivity contribution in [3.63, 3.8) is 0 Å². The van der Waals surface area contributed by atoms with Gasteiger partial charge in [0.05, 0.1) is 17.1 Å². The maximum atomic E-state index is 13.5. The molecule has 2 amide bonds. The second-order valence-electron chi connectivity index (χ2n) is 5.51. The van der Waals surface area contributed by atoms with Gasteiger partial charge in [0.15, 0.2) is 0 Å². The van der Waals surface area contributed by atoms with Crippen molar-refractivity contribution < 1.29 is 9.18 Å². The predicted octanol–water partition coefficient (Wildman–Crippen LogP) is 3.25. The smallest absolute Gasteiger partial charge is 0.323 e. The van der Waals surface area contributed by atoms with Gasteiger partial charge >= 0.3 is 6.03 Å². The van der Waals surface area contributed by atoms with Crippen LogP contribution in [0, 0.1) is 26.6 Å². The molecule has 0 aliphatic carbocycles. The highest BCUT2D eigenvalue weighted by Gasteiger charge is 2.13. The van der Waals surface area contributed by atoms with E-state index >= 15 is 0 Å². The fourth-order valence-electron chi connectivity index (χ4n) is 2.03. The Morgan fingerprint density at radius 1 is 1.09 bits per heavy atom. The zero-order valence-corrected chi connectivity index (χ0v) is 13.9. The number of nitrogens with one attached hydrogen (secondary N) is 2. The van der Waals surface area contributed by atoms with E-state index in [9.17, 15) is 9.18 Å². The highest BCUT2D eigenvalue weighted by Crippen LogP contribution is 2.20. The molecule has 1 aromatic carbocycles. The van der Waals surface area contributed by atoms with Crippen molar-refractivity contribution in [2.75, 3.05) is 29.6 Å². The Hall–Kier alpha value is -2.70. The van der Waals surface area contributed by atoms with Gasteiger partial charge in [-0.05, 0) is 38.5 Å². The van der Waals surface area contributed by atoms with Crippen LogP contribution in [0.15, 0.2) is 18.2 Å². The predicted molar refractivity (Wildman–Crippen MR) is 89.6 cm³/mol. The van der Waals surface area contributed by atoms with Gasteiger partial charge < -0.3 is 15.5 Å². The molecule has 0 saturated heterocycles. The average Bonchev–Trinajstić information content (AvgIpc) is 2.46. The van der Waals surface area contributed by atoms with Crippen LogP contribution in [-0.2, 0) is 0 Å². The summed E-state index contributed by atoms with van der Waals surface area (Å²) < 4.78 is 13.5. The summed E-state index contributed by atoms with van der Waals surface area (Å²) in [6, 6.07) is 4.06. The number of benzene rings is 1. The highest BCUT2D eigenvalue weighted by molar-refractivity contribution is 6.00. The van der Waals surface area contributed by atoms with E-state index in [1.54, 1.807) is 37.8 Å². The van der Waals surface area contributed by atoms with E-state index in [-0.39, 0.29) is 5.82 Å². The third kappa shape index (κ3) is 3.94. The van der Waals surface area contributed by atoms with Gasteiger partial charge in [-0.15, -0.1) is 0 Å². The van der Waals surface area contributed by atoms with Crippen molar-refractivity contribution in [3.8, 4) is 0 Å². The summed E-state index contributed by atoms with van der Waals surface area (Å²) in [5, 5.41) is 5.31. The second kappa shape index (κ2) is 6.60. The van der Waals surface area contributed by atoms with Crippen molar-refractivity contribution in [2.24, 2.45) is 0 Å². The SMILES string of the molecule is Cc1ccc(NC(=O)Nc2c(C)nc(N(C)C)nc2C)cc1F. The summed E-state index contributed by atoms with van der Waals surface area (Å²) in [6.45, 7) is 5.25. The Labute approximate surface area is 134 Å². The van der Waals surface area contributed by atoms with Crippen LogP contribution < -0.4 is 15.5 Å². The normalized spacial score (nSPS) is 10.3. The first-order chi connectivity index (χ1) is 10.8. The lowest BCUT2D eigenvalue weighted by Crippen LogP contribution is -2.22. The Balaban J connectivity index is 2.15. The first-order valence-electron chi connectivity index (χ1n) is 7.14. The first kappa shape index (κ1) is 16.7. The van der Waals surface area contributed by atoms with Crippen molar-refractivity contribution in [3.05, 3.63) is 41.0 Å². The van der Waals surface area contributed by atoms with Crippen molar-refractivity contribution in [1.29, 1.82) is 0 Å². The molecule has 0 fully saturated rings. The molecule has 6 nitrogen and oxygen atoms in total. The van der Waals surface area contributed by atoms with Crippen LogP contribution in [-0.4, -0.2) is 30.1 Å². The summed E-state index contributed by atoms with van der Waals surface area (Å²) in [7, 11) is 3.69. The van der Waals surface area contributed by atoms with Gasteiger partial charge in [0.2, 0.25) is 5.95 Å². The molecule has 0 bridgehead atoms. The number of carbonyl (C=O) groups is 1. The van der Waals surface area contributed by atoms with Gasteiger partial charge in [-0.25, -0.2) is 19.2 Å². The minimum atomic E-state index is -0.472. The monoisotopic (exact) mass is 317 g/mol. The average molecular weight is 317 g/mol. The van der Waals surface area contributed by atoms with Crippen LogP contribution in [0.5, 0.6) is 0 Å². The summed E-state index contributed by atoms with van der Waals surface area (Å²) in [6.07, 6.45) is 0. The molecule has 0 radical (unpaired) electrons. The lowest BCUT2D eigenvalue weighted by molar-refractivity contribution is 0.262. The number of aryl methyl sites for hydroxylation is 3. The van der Waals surface area contributed by atoms with Crippen LogP contribution in [0.2, 0.25) is 0 Å². The maximum absolute atomic E-state index is 13.5. The number of nitrogens with zero attached hydrogens (tertiary/aromatic N) is 3. The molecule has 0 aliphatic rings. The van der Waals surface area contributed by atoms with E-state index < -0.39 is 6.03 Å². The van der Waals surface area contributed by atoms with Crippen LogP contribution in [0.4, 0.5) is 26.5 Å². The molecule has 0 aliphatic heterocycles. The molecular weight excluding hydrogens is 297 g/mol. The van der Waals surface area contributed by atoms with E-state index in [1.165, 1.54) is 6.07 Å². The quantitative estimate of drug-likeness (QED) is 0.911. The van der Waals surface area contributed by atoms with Gasteiger partial charge in [0.1, 0.15) is 5.82 Å². The molecule has 2 rings (SSSR count). The number of hydrogen-bond acceptors (Lipinski definition) is 4. The van der Waals surface area contributed by atoms with Crippen LogP contribution >= 0.6 is 0 Å². The van der Waals surface area contributed by atoms with Crippen molar-refractivity contribution in [2.45, 2.75) is 20.8 Å². The number of halogens is 1. The van der Waals surface area contributed by atoms with E-state index in [0.717, 1.165) is 0 Å². The van der Waals surface area contributed by atoms with Gasteiger partial charge in [-0.2, -0.15) is 0 Å². The summed E-state index contributed by atoms with van der Waals surface area (Å²) in [5.41, 5.74) is 2.76. The van der Waals surface area contributed by atoms with E-state index in [1.807, 2.05) is 14.1 Å². The molecule has 1 heterocycles. The van der Waals surface area contributed by atoms with Crippen molar-refractivity contribution in [1.82, 2.24) is 9.97 Å². The van der Waals surface area contributed by atoms with Gasteiger partial charge in [-0.3, -0.25) is 0 Å². The third-order valence-electron chi connectivity index (χ3n) is 3.33. The number of carbonyl (C=O) groups excluding carboxylic acids is 1. The number of aromatic nitrogens is 2. The Morgan fingerprint density at radius 2 is 1.70 bits per heavy atom.